The molecule has 27 heavy (non-hydrogen) atoms. The predicted octanol–water partition coefficient (Wildman–Crippen LogP) is 3.43. The third-order valence-corrected chi connectivity index (χ3v) is 5.89. The molecule has 0 bridgehead atoms. The van der Waals surface area contributed by atoms with E-state index >= 15 is 0 Å². The molecule has 0 spiro atoms. The van der Waals surface area contributed by atoms with E-state index in [2.05, 4.69) is 15.9 Å². The molecule has 0 aliphatic carbocycles. The zero-order valence-electron chi connectivity index (χ0n) is 14.6. The molecular weight excluding hydrogens is 414 g/mol. The van der Waals surface area contributed by atoms with Gasteiger partial charge < -0.3 is 14.9 Å². The number of carbonyl (C=O) groups excluding carboxylic acids is 1. The molecule has 2 aliphatic rings. The van der Waals surface area contributed by atoms with Gasteiger partial charge in [0.05, 0.1) is 18.2 Å². The van der Waals surface area contributed by atoms with Crippen molar-refractivity contribution in [2.75, 3.05) is 11.5 Å². The largest absolute Gasteiger partial charge is 0.507 e. The summed E-state index contributed by atoms with van der Waals surface area (Å²) in [6.45, 7) is 2.28. The third-order valence-electron chi connectivity index (χ3n) is 5.20. The van der Waals surface area contributed by atoms with Crippen molar-refractivity contribution < 1.29 is 24.5 Å². The quantitative estimate of drug-likeness (QED) is 0.773. The molecule has 2 aliphatic heterocycles. The van der Waals surface area contributed by atoms with Gasteiger partial charge in [-0.15, -0.1) is 0 Å². The number of aliphatic carboxylic acids is 1. The van der Waals surface area contributed by atoms with Gasteiger partial charge in [-0.2, -0.15) is 0 Å². The minimum absolute atomic E-state index is 0.0269. The number of aromatic hydroxyl groups is 1. The molecule has 2 aromatic rings. The Morgan fingerprint density at radius 2 is 2.19 bits per heavy atom. The standard InChI is InChI=1S/C20H18BrNO5/c1-2-13(20(25)26)22-14-5-3-4-12(21)18(14)17(19(22)24)11-8-10-6-7-27-16(10)9-15(11)23/h3-5,8-9,13,17,23H,2,6-7H2,1H3,(H,25,26). The van der Waals surface area contributed by atoms with E-state index in [1.165, 1.54) is 4.90 Å². The molecule has 0 fully saturated rings. The second-order valence-electron chi connectivity index (χ2n) is 6.69. The molecule has 0 saturated heterocycles. The Hall–Kier alpha value is -2.54. The minimum Gasteiger partial charge on any atom is -0.507 e. The summed E-state index contributed by atoms with van der Waals surface area (Å²) in [6, 6.07) is 7.72. The lowest BCUT2D eigenvalue weighted by atomic mass is 9.90. The predicted molar refractivity (Wildman–Crippen MR) is 102 cm³/mol. The fourth-order valence-electron chi connectivity index (χ4n) is 3.95. The maximum absolute atomic E-state index is 13.4. The van der Waals surface area contributed by atoms with Crippen molar-refractivity contribution in [1.82, 2.24) is 0 Å². The molecule has 6 nitrogen and oxygen atoms in total. The van der Waals surface area contributed by atoms with E-state index in [0.29, 0.717) is 40.1 Å². The van der Waals surface area contributed by atoms with Crippen molar-refractivity contribution in [3.05, 3.63) is 51.5 Å². The second-order valence-corrected chi connectivity index (χ2v) is 7.55. The van der Waals surface area contributed by atoms with E-state index in [1.54, 1.807) is 31.2 Å². The van der Waals surface area contributed by atoms with Crippen LogP contribution in [0.2, 0.25) is 0 Å². The number of carbonyl (C=O) groups is 2. The number of carboxylic acids is 1. The molecule has 7 heteroatoms. The Balaban J connectivity index is 1.91. The fourth-order valence-corrected chi connectivity index (χ4v) is 4.53. The van der Waals surface area contributed by atoms with Crippen LogP contribution in [0.4, 0.5) is 5.69 Å². The number of carboxylic acid groups (broad SMARTS) is 1. The van der Waals surface area contributed by atoms with Gasteiger partial charge in [0.1, 0.15) is 17.5 Å². The van der Waals surface area contributed by atoms with Crippen molar-refractivity contribution in [3.8, 4) is 11.5 Å². The first-order valence-electron chi connectivity index (χ1n) is 8.76. The van der Waals surface area contributed by atoms with Crippen LogP contribution in [0.1, 0.15) is 36.0 Å². The summed E-state index contributed by atoms with van der Waals surface area (Å²) in [6.07, 6.45) is 0.993. The van der Waals surface area contributed by atoms with Gasteiger partial charge in [-0.3, -0.25) is 9.69 Å². The minimum atomic E-state index is -1.05. The summed E-state index contributed by atoms with van der Waals surface area (Å²) < 4.78 is 6.19. The van der Waals surface area contributed by atoms with Crippen LogP contribution < -0.4 is 9.64 Å². The first-order chi connectivity index (χ1) is 12.9. The number of hydrogen-bond donors (Lipinski definition) is 2. The Kier molecular flexibility index (Phi) is 4.34. The summed E-state index contributed by atoms with van der Waals surface area (Å²) in [7, 11) is 0. The first kappa shape index (κ1) is 17.9. The van der Waals surface area contributed by atoms with Crippen LogP contribution in [0, 0.1) is 0 Å². The zero-order chi connectivity index (χ0) is 19.3. The number of hydrogen-bond acceptors (Lipinski definition) is 4. The van der Waals surface area contributed by atoms with E-state index in [4.69, 9.17) is 4.74 Å². The maximum atomic E-state index is 13.4. The SMILES string of the molecule is CCC(C(=O)O)N1C(=O)C(c2cc3c(cc2O)OCC3)c2c(Br)cccc21. The van der Waals surface area contributed by atoms with Gasteiger partial charge in [0.25, 0.3) is 0 Å². The van der Waals surface area contributed by atoms with Crippen LogP contribution in [0.5, 0.6) is 11.5 Å². The van der Waals surface area contributed by atoms with Crippen LogP contribution >= 0.6 is 15.9 Å². The third kappa shape index (κ3) is 2.68. The molecule has 0 saturated carbocycles. The number of benzene rings is 2. The first-order valence-corrected chi connectivity index (χ1v) is 9.56. The van der Waals surface area contributed by atoms with Gasteiger partial charge in [0.2, 0.25) is 5.91 Å². The smallest absolute Gasteiger partial charge is 0.326 e. The summed E-state index contributed by atoms with van der Waals surface area (Å²) in [5, 5.41) is 20.2. The Bertz CT molecular complexity index is 958. The van der Waals surface area contributed by atoms with E-state index in [9.17, 15) is 19.8 Å². The highest BCUT2D eigenvalue weighted by molar-refractivity contribution is 9.10. The Labute approximate surface area is 164 Å². The highest BCUT2D eigenvalue weighted by Gasteiger charge is 2.45. The number of phenols is 1. The number of anilines is 1. The molecule has 0 aromatic heterocycles. The summed E-state index contributed by atoms with van der Waals surface area (Å²) >= 11 is 3.50. The Morgan fingerprint density at radius 3 is 2.89 bits per heavy atom. The monoisotopic (exact) mass is 431 g/mol. The van der Waals surface area contributed by atoms with Gasteiger partial charge >= 0.3 is 5.97 Å². The van der Waals surface area contributed by atoms with Gasteiger partial charge in [0.15, 0.2) is 0 Å². The second kappa shape index (κ2) is 6.56. The van der Waals surface area contributed by atoms with Crippen LogP contribution in [0.25, 0.3) is 0 Å². The highest BCUT2D eigenvalue weighted by Crippen LogP contribution is 2.49. The molecule has 0 radical (unpaired) electrons. The highest BCUT2D eigenvalue weighted by atomic mass is 79.9. The van der Waals surface area contributed by atoms with E-state index in [1.807, 2.05) is 6.07 Å². The number of amides is 1. The molecule has 2 heterocycles. The van der Waals surface area contributed by atoms with E-state index in [-0.39, 0.29) is 18.1 Å². The van der Waals surface area contributed by atoms with Crippen molar-refractivity contribution in [3.63, 3.8) is 0 Å². The summed E-state index contributed by atoms with van der Waals surface area (Å²) in [5.74, 6) is -1.57. The molecule has 140 valence electrons. The van der Waals surface area contributed by atoms with Crippen LogP contribution in [0.3, 0.4) is 0 Å². The zero-order valence-corrected chi connectivity index (χ0v) is 16.2. The number of ether oxygens (including phenoxy) is 1. The van der Waals surface area contributed by atoms with Gasteiger partial charge in [-0.05, 0) is 30.2 Å². The lowest BCUT2D eigenvalue weighted by Gasteiger charge is -2.24. The molecule has 4 rings (SSSR count). The molecule has 2 atom stereocenters. The Morgan fingerprint density at radius 1 is 1.41 bits per heavy atom. The van der Waals surface area contributed by atoms with Crippen LogP contribution in [-0.2, 0) is 16.0 Å². The van der Waals surface area contributed by atoms with Gasteiger partial charge in [0, 0.05) is 28.1 Å². The van der Waals surface area contributed by atoms with E-state index in [0.717, 1.165) is 5.56 Å². The number of halogens is 1. The summed E-state index contributed by atoms with van der Waals surface area (Å²) in [4.78, 5) is 26.5. The van der Waals surface area contributed by atoms with Crippen molar-refractivity contribution in [2.45, 2.75) is 31.7 Å². The van der Waals surface area contributed by atoms with Gasteiger partial charge in [-0.25, -0.2) is 4.79 Å². The van der Waals surface area contributed by atoms with Crippen molar-refractivity contribution in [2.24, 2.45) is 0 Å². The number of nitrogens with zero attached hydrogens (tertiary/aromatic N) is 1. The topological polar surface area (TPSA) is 87.1 Å². The molecule has 1 amide bonds. The van der Waals surface area contributed by atoms with Crippen molar-refractivity contribution in [1.29, 1.82) is 0 Å². The molecular formula is C20H18BrNO5. The van der Waals surface area contributed by atoms with Crippen molar-refractivity contribution >= 4 is 33.5 Å². The lowest BCUT2D eigenvalue weighted by Crippen LogP contribution is -2.43. The molecule has 2 aromatic carbocycles. The van der Waals surface area contributed by atoms with Gasteiger partial charge in [-0.1, -0.05) is 28.9 Å². The van der Waals surface area contributed by atoms with Crippen LogP contribution in [0.15, 0.2) is 34.8 Å². The lowest BCUT2D eigenvalue weighted by molar-refractivity contribution is -0.140. The number of phenolic OH excluding ortho intramolecular Hbond substituents is 1. The molecule has 2 unspecified atom stereocenters. The fraction of sp³-hybridized carbons (Fsp3) is 0.300. The maximum Gasteiger partial charge on any atom is 0.326 e. The molecule has 2 N–H and O–H groups in total. The van der Waals surface area contributed by atoms with E-state index < -0.39 is 17.9 Å². The summed E-state index contributed by atoms with van der Waals surface area (Å²) in [5.41, 5.74) is 2.65. The van der Waals surface area contributed by atoms with Crippen LogP contribution in [-0.4, -0.2) is 34.7 Å². The number of rotatable bonds is 4. The average Bonchev–Trinajstić information content (AvgIpc) is 3.18. The normalized spacial score (nSPS) is 18.8. The average molecular weight is 432 g/mol. The number of fused-ring (bicyclic) bond motifs is 2.